The molecule has 1 atom stereocenters. The lowest BCUT2D eigenvalue weighted by atomic mass is 10.1. The first-order valence-corrected chi connectivity index (χ1v) is 5.40. The Kier molecular flexibility index (Phi) is 2.66. The van der Waals surface area contributed by atoms with E-state index < -0.39 is 10.5 Å². The number of β-amino-alcohol motifs (C(OH)–C–C–N with tert-alkyl or cyclic N) is 1. The zero-order valence-corrected chi connectivity index (χ0v) is 9.59. The van der Waals surface area contributed by atoms with E-state index in [9.17, 15) is 15.2 Å². The van der Waals surface area contributed by atoms with Crippen LogP contribution in [0.5, 0.6) is 0 Å². The molecule has 0 bridgehead atoms. The summed E-state index contributed by atoms with van der Waals surface area (Å²) in [6.07, 6.45) is 0.670. The number of anilines is 2. The van der Waals surface area contributed by atoms with Crippen molar-refractivity contribution in [3.05, 3.63) is 28.3 Å². The largest absolute Gasteiger partial charge is 0.397 e. The van der Waals surface area contributed by atoms with E-state index in [1.54, 1.807) is 13.0 Å². The van der Waals surface area contributed by atoms with E-state index in [1.165, 1.54) is 12.1 Å². The maximum Gasteiger partial charge on any atom is 0.271 e. The van der Waals surface area contributed by atoms with Crippen molar-refractivity contribution in [1.29, 1.82) is 0 Å². The summed E-state index contributed by atoms with van der Waals surface area (Å²) in [5.41, 5.74) is 6.19. The van der Waals surface area contributed by atoms with Crippen LogP contribution in [0.3, 0.4) is 0 Å². The normalized spacial score (nSPS) is 24.0. The first kappa shape index (κ1) is 11.7. The molecular formula is C11H15N3O3. The van der Waals surface area contributed by atoms with Crippen molar-refractivity contribution < 1.29 is 10.0 Å². The average molecular weight is 237 g/mol. The van der Waals surface area contributed by atoms with Crippen LogP contribution in [0.4, 0.5) is 17.1 Å². The molecule has 6 nitrogen and oxygen atoms in total. The van der Waals surface area contributed by atoms with Crippen molar-refractivity contribution >= 4 is 17.1 Å². The second kappa shape index (κ2) is 3.89. The number of nitrogens with zero attached hydrogens (tertiary/aromatic N) is 2. The Balaban J connectivity index is 2.26. The van der Waals surface area contributed by atoms with Gasteiger partial charge < -0.3 is 15.7 Å². The van der Waals surface area contributed by atoms with Gasteiger partial charge in [0.1, 0.15) is 0 Å². The minimum absolute atomic E-state index is 0.0165. The SMILES string of the molecule is CC1(O)CCN(c2ccc([N+](=O)[O-])cc2N)C1. The molecule has 1 fully saturated rings. The highest BCUT2D eigenvalue weighted by Gasteiger charge is 2.32. The lowest BCUT2D eigenvalue weighted by Gasteiger charge is -2.22. The van der Waals surface area contributed by atoms with Crippen LogP contribution in [0.2, 0.25) is 0 Å². The van der Waals surface area contributed by atoms with E-state index >= 15 is 0 Å². The van der Waals surface area contributed by atoms with Crippen molar-refractivity contribution in [3.63, 3.8) is 0 Å². The standard InChI is InChI=1S/C11H15N3O3/c1-11(15)4-5-13(7-11)10-3-2-8(14(16)17)6-9(10)12/h2-3,6,15H,4-5,7,12H2,1H3. The molecule has 2 rings (SSSR count). The number of benzene rings is 1. The molecule has 1 aromatic carbocycles. The van der Waals surface area contributed by atoms with Crippen molar-refractivity contribution in [2.45, 2.75) is 18.9 Å². The summed E-state index contributed by atoms with van der Waals surface area (Å²) in [5.74, 6) is 0. The van der Waals surface area contributed by atoms with Crippen LogP contribution >= 0.6 is 0 Å². The van der Waals surface area contributed by atoms with E-state index in [0.717, 1.165) is 5.69 Å². The lowest BCUT2D eigenvalue weighted by Crippen LogP contribution is -2.29. The van der Waals surface area contributed by atoms with Gasteiger partial charge in [0.05, 0.1) is 21.9 Å². The van der Waals surface area contributed by atoms with Gasteiger partial charge in [-0.25, -0.2) is 0 Å². The molecule has 3 N–H and O–H groups in total. The molecule has 0 radical (unpaired) electrons. The fourth-order valence-electron chi connectivity index (χ4n) is 2.09. The van der Waals surface area contributed by atoms with Gasteiger partial charge >= 0.3 is 0 Å². The van der Waals surface area contributed by atoms with Gasteiger partial charge in [0.2, 0.25) is 0 Å². The predicted octanol–water partition coefficient (Wildman–Crippen LogP) is 1.14. The average Bonchev–Trinajstić information content (AvgIpc) is 2.58. The Bertz CT molecular complexity index is 459. The molecule has 1 saturated heterocycles. The van der Waals surface area contributed by atoms with Gasteiger partial charge in [-0.15, -0.1) is 0 Å². The monoisotopic (exact) mass is 237 g/mol. The molecule has 1 heterocycles. The van der Waals surface area contributed by atoms with E-state index in [1.807, 2.05) is 4.90 Å². The molecule has 17 heavy (non-hydrogen) atoms. The third-order valence-corrected chi connectivity index (χ3v) is 3.01. The smallest absolute Gasteiger partial charge is 0.271 e. The van der Waals surface area contributed by atoms with Crippen LogP contribution in [0, 0.1) is 10.1 Å². The zero-order valence-electron chi connectivity index (χ0n) is 9.59. The molecule has 1 aliphatic rings. The van der Waals surface area contributed by atoms with Crippen LogP contribution in [-0.2, 0) is 0 Å². The fraction of sp³-hybridized carbons (Fsp3) is 0.455. The van der Waals surface area contributed by atoms with Gasteiger partial charge in [-0.1, -0.05) is 0 Å². The minimum Gasteiger partial charge on any atom is -0.397 e. The maximum atomic E-state index is 10.6. The number of hydrogen-bond acceptors (Lipinski definition) is 5. The number of nitrogens with two attached hydrogens (primary N) is 1. The molecule has 1 aliphatic heterocycles. The van der Waals surface area contributed by atoms with E-state index in [2.05, 4.69) is 0 Å². The van der Waals surface area contributed by atoms with Crippen LogP contribution in [-0.4, -0.2) is 28.7 Å². The summed E-state index contributed by atoms with van der Waals surface area (Å²) < 4.78 is 0. The molecular weight excluding hydrogens is 222 g/mol. The van der Waals surface area contributed by atoms with Crippen molar-refractivity contribution in [2.24, 2.45) is 0 Å². The third kappa shape index (κ3) is 2.31. The summed E-state index contributed by atoms with van der Waals surface area (Å²) >= 11 is 0. The molecule has 1 unspecified atom stereocenters. The van der Waals surface area contributed by atoms with Crippen LogP contribution < -0.4 is 10.6 Å². The Morgan fingerprint density at radius 2 is 2.29 bits per heavy atom. The van der Waals surface area contributed by atoms with Crippen LogP contribution in [0.1, 0.15) is 13.3 Å². The first-order chi connectivity index (χ1) is 7.89. The van der Waals surface area contributed by atoms with Gasteiger partial charge in [-0.2, -0.15) is 0 Å². The number of nitro groups is 1. The highest BCUT2D eigenvalue weighted by Crippen LogP contribution is 2.32. The summed E-state index contributed by atoms with van der Waals surface area (Å²) in [7, 11) is 0. The minimum atomic E-state index is -0.714. The topological polar surface area (TPSA) is 92.6 Å². The van der Waals surface area contributed by atoms with Crippen molar-refractivity contribution in [3.8, 4) is 0 Å². The molecule has 0 saturated carbocycles. The van der Waals surface area contributed by atoms with Gasteiger partial charge in [0.15, 0.2) is 0 Å². The lowest BCUT2D eigenvalue weighted by molar-refractivity contribution is -0.384. The molecule has 6 heteroatoms. The Labute approximate surface area is 98.8 Å². The molecule has 0 aliphatic carbocycles. The fourth-order valence-corrected chi connectivity index (χ4v) is 2.09. The maximum absolute atomic E-state index is 10.6. The molecule has 92 valence electrons. The van der Waals surface area contributed by atoms with E-state index in [4.69, 9.17) is 5.73 Å². The van der Waals surface area contributed by atoms with E-state index in [-0.39, 0.29) is 5.69 Å². The Morgan fingerprint density at radius 3 is 2.76 bits per heavy atom. The van der Waals surface area contributed by atoms with Crippen molar-refractivity contribution in [1.82, 2.24) is 0 Å². The van der Waals surface area contributed by atoms with Crippen molar-refractivity contribution in [2.75, 3.05) is 23.7 Å². The quantitative estimate of drug-likeness (QED) is 0.457. The number of non-ortho nitro benzene ring substituents is 1. The van der Waals surface area contributed by atoms with E-state index in [0.29, 0.717) is 25.2 Å². The Hall–Kier alpha value is -1.82. The second-order valence-corrected chi connectivity index (χ2v) is 4.67. The van der Waals surface area contributed by atoms with Gasteiger partial charge in [-0.3, -0.25) is 10.1 Å². The third-order valence-electron chi connectivity index (χ3n) is 3.01. The first-order valence-electron chi connectivity index (χ1n) is 5.40. The number of hydrogen-bond donors (Lipinski definition) is 2. The van der Waals surface area contributed by atoms with Gasteiger partial charge in [0, 0.05) is 25.2 Å². The predicted molar refractivity (Wildman–Crippen MR) is 65.0 cm³/mol. The summed E-state index contributed by atoms with van der Waals surface area (Å²) in [6, 6.07) is 4.41. The van der Waals surface area contributed by atoms with Crippen LogP contribution in [0.15, 0.2) is 18.2 Å². The Morgan fingerprint density at radius 1 is 1.59 bits per heavy atom. The number of nitrogen functional groups attached to an aromatic ring is 1. The highest BCUT2D eigenvalue weighted by atomic mass is 16.6. The second-order valence-electron chi connectivity index (χ2n) is 4.67. The number of aliphatic hydroxyl groups is 1. The molecule has 0 spiro atoms. The van der Waals surface area contributed by atoms with Gasteiger partial charge in [-0.05, 0) is 19.4 Å². The highest BCUT2D eigenvalue weighted by molar-refractivity contribution is 5.71. The zero-order chi connectivity index (χ0) is 12.6. The van der Waals surface area contributed by atoms with Gasteiger partial charge in [0.25, 0.3) is 5.69 Å². The molecule has 0 amide bonds. The number of nitro benzene ring substituents is 1. The summed E-state index contributed by atoms with van der Waals surface area (Å²) in [5, 5.41) is 20.5. The summed E-state index contributed by atoms with van der Waals surface area (Å²) in [6.45, 7) is 2.97. The molecule has 0 aromatic heterocycles. The molecule has 1 aromatic rings. The summed E-state index contributed by atoms with van der Waals surface area (Å²) in [4.78, 5) is 12.1. The van der Waals surface area contributed by atoms with Crippen LogP contribution in [0.25, 0.3) is 0 Å². The number of rotatable bonds is 2.